The first kappa shape index (κ1) is 17.4. The maximum absolute atomic E-state index is 14.0. The number of aromatic nitrogens is 2. The fourth-order valence-electron chi connectivity index (χ4n) is 3.02. The van der Waals surface area contributed by atoms with Crippen LogP contribution in [-0.4, -0.2) is 28.3 Å². The standard InChI is InChI=1S/C18H24FN5O/c1-11(13-5-3-4-6-15(13)19)23-16(12-7-8-12)10-21-18(25)14-9-22-24(2)17(14)20/h3-6,9,11-12,16,23H,7-8,10,20H2,1-2H3,(H,21,25). The number of aryl methyl sites for hydroxylation is 1. The van der Waals surface area contributed by atoms with E-state index in [-0.39, 0.29) is 23.8 Å². The van der Waals surface area contributed by atoms with Crippen LogP contribution in [-0.2, 0) is 7.05 Å². The smallest absolute Gasteiger partial charge is 0.256 e. The van der Waals surface area contributed by atoms with E-state index in [1.54, 1.807) is 19.2 Å². The van der Waals surface area contributed by atoms with E-state index >= 15 is 0 Å². The van der Waals surface area contributed by atoms with Gasteiger partial charge in [-0.25, -0.2) is 4.39 Å². The quantitative estimate of drug-likeness (QED) is 0.716. The van der Waals surface area contributed by atoms with Crippen LogP contribution >= 0.6 is 0 Å². The van der Waals surface area contributed by atoms with Gasteiger partial charge in [-0.2, -0.15) is 5.10 Å². The number of nitrogens with one attached hydrogen (secondary N) is 2. The van der Waals surface area contributed by atoms with Crippen molar-refractivity contribution >= 4 is 11.7 Å². The topological polar surface area (TPSA) is 85.0 Å². The van der Waals surface area contributed by atoms with Crippen LogP contribution in [0.4, 0.5) is 10.2 Å². The van der Waals surface area contributed by atoms with Crippen molar-refractivity contribution in [3.63, 3.8) is 0 Å². The molecule has 0 radical (unpaired) electrons. The number of nitrogens with two attached hydrogens (primary N) is 1. The molecular weight excluding hydrogens is 321 g/mol. The van der Waals surface area contributed by atoms with Crippen LogP contribution in [0.25, 0.3) is 0 Å². The summed E-state index contributed by atoms with van der Waals surface area (Å²) in [5.41, 5.74) is 6.85. The SMILES string of the molecule is CC(NC(CNC(=O)c1cnn(C)c1N)C1CC1)c1ccccc1F. The summed E-state index contributed by atoms with van der Waals surface area (Å²) in [5.74, 6) is 0.384. The Hall–Kier alpha value is -2.41. The molecule has 2 aromatic rings. The molecule has 3 rings (SSSR count). The third-order valence-corrected chi connectivity index (χ3v) is 4.74. The van der Waals surface area contributed by atoms with Crippen molar-refractivity contribution < 1.29 is 9.18 Å². The predicted molar refractivity (Wildman–Crippen MR) is 94.4 cm³/mol. The molecular formula is C18H24FN5O. The van der Waals surface area contributed by atoms with E-state index in [9.17, 15) is 9.18 Å². The number of hydrogen-bond acceptors (Lipinski definition) is 4. The average Bonchev–Trinajstić information content (AvgIpc) is 3.38. The summed E-state index contributed by atoms with van der Waals surface area (Å²) in [6.45, 7) is 2.41. The second kappa shape index (κ2) is 7.23. The molecule has 6 nitrogen and oxygen atoms in total. The minimum absolute atomic E-state index is 0.0939. The minimum Gasteiger partial charge on any atom is -0.383 e. The largest absolute Gasteiger partial charge is 0.383 e. The molecule has 2 atom stereocenters. The lowest BCUT2D eigenvalue weighted by atomic mass is 10.0. The lowest BCUT2D eigenvalue weighted by Gasteiger charge is -2.24. The van der Waals surface area contributed by atoms with Crippen molar-refractivity contribution in [1.29, 1.82) is 0 Å². The molecule has 0 bridgehead atoms. The third kappa shape index (κ3) is 3.99. The molecule has 1 heterocycles. The van der Waals surface area contributed by atoms with Gasteiger partial charge in [-0.1, -0.05) is 18.2 Å². The van der Waals surface area contributed by atoms with Crippen LogP contribution in [0.2, 0.25) is 0 Å². The highest BCUT2D eigenvalue weighted by Gasteiger charge is 2.32. The Bertz CT molecular complexity index is 756. The Balaban J connectivity index is 1.61. The predicted octanol–water partition coefficient (Wildman–Crippen LogP) is 2.00. The summed E-state index contributed by atoms with van der Waals surface area (Å²) in [6, 6.07) is 6.72. The second-order valence-corrected chi connectivity index (χ2v) is 6.63. The van der Waals surface area contributed by atoms with Crippen LogP contribution in [0.1, 0.15) is 41.7 Å². The summed E-state index contributed by atoms with van der Waals surface area (Å²) >= 11 is 0. The Morgan fingerprint density at radius 2 is 2.16 bits per heavy atom. The Labute approximate surface area is 146 Å². The van der Waals surface area contributed by atoms with Gasteiger partial charge in [-0.05, 0) is 31.7 Å². The minimum atomic E-state index is -0.239. The van der Waals surface area contributed by atoms with Crippen LogP contribution < -0.4 is 16.4 Å². The van der Waals surface area contributed by atoms with Gasteiger partial charge in [0, 0.05) is 31.2 Å². The first-order valence-corrected chi connectivity index (χ1v) is 8.53. The average molecular weight is 345 g/mol. The van der Waals surface area contributed by atoms with Gasteiger partial charge < -0.3 is 16.4 Å². The summed E-state index contributed by atoms with van der Waals surface area (Å²) in [6.07, 6.45) is 3.70. The number of carbonyl (C=O) groups excluding carboxylic acids is 1. The molecule has 1 fully saturated rings. The summed E-state index contributed by atoms with van der Waals surface area (Å²) in [7, 11) is 1.69. The zero-order valence-electron chi connectivity index (χ0n) is 14.5. The van der Waals surface area contributed by atoms with Gasteiger partial charge in [0.15, 0.2) is 0 Å². The number of nitrogen functional groups attached to an aromatic ring is 1. The molecule has 1 aliphatic rings. The molecule has 7 heteroatoms. The molecule has 134 valence electrons. The van der Waals surface area contributed by atoms with Crippen LogP contribution in [0, 0.1) is 11.7 Å². The molecule has 25 heavy (non-hydrogen) atoms. The first-order valence-electron chi connectivity index (χ1n) is 8.53. The van der Waals surface area contributed by atoms with Crippen molar-refractivity contribution in [2.75, 3.05) is 12.3 Å². The van der Waals surface area contributed by atoms with Gasteiger partial charge in [0.1, 0.15) is 17.2 Å². The third-order valence-electron chi connectivity index (χ3n) is 4.74. The lowest BCUT2D eigenvalue weighted by molar-refractivity contribution is 0.0948. The van der Waals surface area contributed by atoms with E-state index in [0.717, 1.165) is 12.8 Å². The molecule has 2 unspecified atom stereocenters. The van der Waals surface area contributed by atoms with E-state index in [4.69, 9.17) is 5.73 Å². The number of hydrogen-bond donors (Lipinski definition) is 3. The van der Waals surface area contributed by atoms with Crippen molar-refractivity contribution in [3.8, 4) is 0 Å². The zero-order valence-corrected chi connectivity index (χ0v) is 14.5. The number of carbonyl (C=O) groups is 1. The summed E-state index contributed by atoms with van der Waals surface area (Å²) in [5, 5.41) is 10.4. The molecule has 0 spiro atoms. The number of nitrogens with zero attached hydrogens (tertiary/aromatic N) is 2. The Morgan fingerprint density at radius 1 is 1.44 bits per heavy atom. The van der Waals surface area contributed by atoms with Gasteiger partial charge in [0.25, 0.3) is 5.91 Å². The van der Waals surface area contributed by atoms with Crippen molar-refractivity contribution in [2.45, 2.75) is 31.8 Å². The fourth-order valence-corrected chi connectivity index (χ4v) is 3.02. The molecule has 0 aliphatic heterocycles. The number of benzene rings is 1. The van der Waals surface area contributed by atoms with Crippen molar-refractivity contribution in [1.82, 2.24) is 20.4 Å². The van der Waals surface area contributed by atoms with Gasteiger partial charge >= 0.3 is 0 Å². The molecule has 1 aromatic carbocycles. The second-order valence-electron chi connectivity index (χ2n) is 6.63. The van der Waals surface area contributed by atoms with E-state index in [1.165, 1.54) is 16.9 Å². The molecule has 4 N–H and O–H groups in total. The van der Waals surface area contributed by atoms with E-state index in [2.05, 4.69) is 15.7 Å². The van der Waals surface area contributed by atoms with Crippen molar-refractivity contribution in [2.24, 2.45) is 13.0 Å². The highest BCUT2D eigenvalue weighted by molar-refractivity contribution is 5.98. The monoisotopic (exact) mass is 345 g/mol. The highest BCUT2D eigenvalue weighted by atomic mass is 19.1. The van der Waals surface area contributed by atoms with Gasteiger partial charge in [-0.3, -0.25) is 9.48 Å². The molecule has 1 aliphatic carbocycles. The van der Waals surface area contributed by atoms with Crippen LogP contribution in [0.15, 0.2) is 30.5 Å². The number of amides is 1. The van der Waals surface area contributed by atoms with Gasteiger partial charge in [0.05, 0.1) is 6.20 Å². The van der Waals surface area contributed by atoms with E-state index in [1.807, 2.05) is 13.0 Å². The number of rotatable bonds is 7. The van der Waals surface area contributed by atoms with Crippen LogP contribution in [0.5, 0.6) is 0 Å². The number of halogens is 1. The highest BCUT2D eigenvalue weighted by Crippen LogP contribution is 2.33. The van der Waals surface area contributed by atoms with Gasteiger partial charge in [0.2, 0.25) is 0 Å². The normalized spacial score (nSPS) is 16.4. The molecule has 1 aromatic heterocycles. The Morgan fingerprint density at radius 3 is 2.76 bits per heavy atom. The molecule has 1 saturated carbocycles. The fraction of sp³-hybridized carbons (Fsp3) is 0.444. The summed E-state index contributed by atoms with van der Waals surface area (Å²) in [4.78, 5) is 12.3. The molecule has 1 amide bonds. The van der Waals surface area contributed by atoms with E-state index < -0.39 is 0 Å². The van der Waals surface area contributed by atoms with E-state index in [0.29, 0.717) is 29.4 Å². The van der Waals surface area contributed by atoms with Crippen molar-refractivity contribution in [3.05, 3.63) is 47.4 Å². The lowest BCUT2D eigenvalue weighted by Crippen LogP contribution is -2.43. The Kier molecular flexibility index (Phi) is 5.03. The number of anilines is 1. The zero-order chi connectivity index (χ0) is 18.0. The first-order chi connectivity index (χ1) is 12.0. The molecule has 0 saturated heterocycles. The van der Waals surface area contributed by atoms with Crippen LogP contribution in [0.3, 0.4) is 0 Å². The maximum atomic E-state index is 14.0. The maximum Gasteiger partial charge on any atom is 0.256 e. The summed E-state index contributed by atoms with van der Waals surface area (Å²) < 4.78 is 15.4. The van der Waals surface area contributed by atoms with Gasteiger partial charge in [-0.15, -0.1) is 0 Å².